The summed E-state index contributed by atoms with van der Waals surface area (Å²) in [5, 5.41) is 16.3. The zero-order valence-electron chi connectivity index (χ0n) is 10.1. The van der Waals surface area contributed by atoms with Crippen molar-refractivity contribution in [1.29, 1.82) is 0 Å². The van der Waals surface area contributed by atoms with Crippen molar-refractivity contribution in [2.24, 2.45) is 0 Å². The van der Waals surface area contributed by atoms with Crippen LogP contribution in [0.15, 0.2) is 24.3 Å². The van der Waals surface area contributed by atoms with Crippen LogP contribution in [0.4, 0.5) is 8.78 Å². The Morgan fingerprint density at radius 3 is 2.70 bits per heavy atom. The van der Waals surface area contributed by atoms with Gasteiger partial charge in [-0.15, -0.1) is 5.10 Å². The van der Waals surface area contributed by atoms with Gasteiger partial charge in [-0.1, -0.05) is 35.0 Å². The van der Waals surface area contributed by atoms with Gasteiger partial charge in [0.2, 0.25) is 0 Å². The molecule has 5 nitrogen and oxygen atoms in total. The smallest absolute Gasteiger partial charge is 0.358 e. The Hall–Kier alpha value is -2.02. The van der Waals surface area contributed by atoms with E-state index in [2.05, 4.69) is 10.3 Å². The summed E-state index contributed by atoms with van der Waals surface area (Å²) in [4.78, 5) is 11.1. The highest BCUT2D eigenvalue weighted by atomic mass is 35.5. The maximum atomic E-state index is 12.5. The Morgan fingerprint density at radius 1 is 1.40 bits per heavy atom. The summed E-state index contributed by atoms with van der Waals surface area (Å²) in [5.74, 6) is -1.31. The molecule has 0 unspecified atom stereocenters. The summed E-state index contributed by atoms with van der Waals surface area (Å²) in [6.45, 7) is -0.708. The van der Waals surface area contributed by atoms with Gasteiger partial charge in [-0.25, -0.2) is 18.3 Å². The van der Waals surface area contributed by atoms with Gasteiger partial charge in [-0.3, -0.25) is 0 Å². The molecular formula is C12H10ClF2N3O2. The molecular weight excluding hydrogens is 292 g/mol. The van der Waals surface area contributed by atoms with Crippen molar-refractivity contribution in [3.05, 3.63) is 46.2 Å². The number of carboxylic acids is 1. The van der Waals surface area contributed by atoms with E-state index in [0.717, 1.165) is 4.68 Å². The molecule has 0 saturated carbocycles. The number of hydrogen-bond donors (Lipinski definition) is 1. The molecule has 0 bridgehead atoms. The summed E-state index contributed by atoms with van der Waals surface area (Å²) >= 11 is 5.99. The average molecular weight is 302 g/mol. The second-order valence-electron chi connectivity index (χ2n) is 4.03. The molecule has 0 saturated heterocycles. The van der Waals surface area contributed by atoms with E-state index in [1.807, 2.05) is 0 Å². The van der Waals surface area contributed by atoms with Crippen LogP contribution in [0.3, 0.4) is 0 Å². The van der Waals surface area contributed by atoms with Crippen molar-refractivity contribution in [1.82, 2.24) is 15.0 Å². The lowest BCUT2D eigenvalue weighted by Crippen LogP contribution is -2.13. The van der Waals surface area contributed by atoms with Crippen LogP contribution in [0.1, 0.15) is 21.7 Å². The Labute approximate surface area is 117 Å². The summed E-state index contributed by atoms with van der Waals surface area (Å²) in [6.07, 6.45) is -2.58. The standard InChI is InChI=1S/C12H10ClF2N3O2/c13-8-4-2-1-3-7(8)5-9-11(12(19)20)16-17-18(9)6-10(14)15/h1-4,10H,5-6H2,(H,19,20). The van der Waals surface area contributed by atoms with Crippen LogP contribution >= 0.6 is 11.6 Å². The fraction of sp³-hybridized carbons (Fsp3) is 0.250. The van der Waals surface area contributed by atoms with Crippen LogP contribution in [0, 0.1) is 0 Å². The number of halogens is 3. The topological polar surface area (TPSA) is 68.0 Å². The molecule has 1 heterocycles. The van der Waals surface area contributed by atoms with Gasteiger partial charge in [0.25, 0.3) is 6.43 Å². The van der Waals surface area contributed by atoms with Crippen molar-refractivity contribution in [2.45, 2.75) is 19.4 Å². The Bertz CT molecular complexity index is 631. The van der Waals surface area contributed by atoms with E-state index in [-0.39, 0.29) is 17.8 Å². The summed E-state index contributed by atoms with van der Waals surface area (Å²) in [7, 11) is 0. The molecule has 106 valence electrons. The van der Waals surface area contributed by atoms with E-state index in [0.29, 0.717) is 10.6 Å². The second-order valence-corrected chi connectivity index (χ2v) is 4.44. The van der Waals surface area contributed by atoms with Crippen LogP contribution in [0.5, 0.6) is 0 Å². The highest BCUT2D eigenvalue weighted by Gasteiger charge is 2.21. The lowest BCUT2D eigenvalue weighted by molar-refractivity contribution is 0.0688. The lowest BCUT2D eigenvalue weighted by Gasteiger charge is -2.08. The third-order valence-electron chi connectivity index (χ3n) is 2.67. The molecule has 0 spiro atoms. The highest BCUT2D eigenvalue weighted by molar-refractivity contribution is 6.31. The molecule has 0 amide bonds. The van der Waals surface area contributed by atoms with Crippen LogP contribution in [-0.2, 0) is 13.0 Å². The predicted molar refractivity (Wildman–Crippen MR) is 67.2 cm³/mol. The highest BCUT2D eigenvalue weighted by Crippen LogP contribution is 2.20. The molecule has 0 aliphatic heterocycles. The first-order valence-corrected chi connectivity index (χ1v) is 6.04. The molecule has 1 aromatic heterocycles. The fourth-order valence-electron chi connectivity index (χ4n) is 1.77. The van der Waals surface area contributed by atoms with E-state index in [9.17, 15) is 13.6 Å². The van der Waals surface area contributed by atoms with Crippen LogP contribution < -0.4 is 0 Å². The van der Waals surface area contributed by atoms with Crippen LogP contribution in [0.2, 0.25) is 5.02 Å². The van der Waals surface area contributed by atoms with Gasteiger partial charge >= 0.3 is 5.97 Å². The van der Waals surface area contributed by atoms with E-state index in [1.54, 1.807) is 24.3 Å². The van der Waals surface area contributed by atoms with Crippen molar-refractivity contribution < 1.29 is 18.7 Å². The van der Waals surface area contributed by atoms with E-state index in [1.165, 1.54) is 0 Å². The zero-order chi connectivity index (χ0) is 14.7. The third-order valence-corrected chi connectivity index (χ3v) is 3.04. The second kappa shape index (κ2) is 5.96. The number of carboxylic acid groups (broad SMARTS) is 1. The van der Waals surface area contributed by atoms with Gasteiger partial charge in [0.15, 0.2) is 5.69 Å². The minimum absolute atomic E-state index is 0.0705. The molecule has 2 rings (SSSR count). The van der Waals surface area contributed by atoms with Gasteiger partial charge in [0, 0.05) is 11.4 Å². The minimum atomic E-state index is -2.65. The zero-order valence-corrected chi connectivity index (χ0v) is 10.9. The molecule has 0 atom stereocenters. The normalized spacial score (nSPS) is 11.0. The number of benzene rings is 1. The maximum Gasteiger partial charge on any atom is 0.358 e. The first kappa shape index (κ1) is 14.4. The molecule has 0 fully saturated rings. The Balaban J connectivity index is 2.40. The first-order chi connectivity index (χ1) is 9.49. The summed E-state index contributed by atoms with van der Waals surface area (Å²) < 4.78 is 25.8. The molecule has 2 aromatic rings. The summed E-state index contributed by atoms with van der Waals surface area (Å²) in [6, 6.07) is 6.77. The molecule has 0 aliphatic carbocycles. The average Bonchev–Trinajstić information content (AvgIpc) is 2.74. The van der Waals surface area contributed by atoms with E-state index >= 15 is 0 Å². The monoisotopic (exact) mass is 301 g/mol. The van der Waals surface area contributed by atoms with Crippen molar-refractivity contribution in [3.8, 4) is 0 Å². The molecule has 8 heteroatoms. The maximum absolute atomic E-state index is 12.5. The fourth-order valence-corrected chi connectivity index (χ4v) is 1.98. The predicted octanol–water partition coefficient (Wildman–Crippen LogP) is 2.49. The van der Waals surface area contributed by atoms with E-state index in [4.69, 9.17) is 16.7 Å². The summed E-state index contributed by atoms with van der Waals surface area (Å²) in [5.41, 5.74) is 0.381. The van der Waals surface area contributed by atoms with Gasteiger partial charge in [0.1, 0.15) is 6.54 Å². The minimum Gasteiger partial charge on any atom is -0.476 e. The van der Waals surface area contributed by atoms with Crippen LogP contribution in [0.25, 0.3) is 0 Å². The number of aromatic carboxylic acids is 1. The van der Waals surface area contributed by atoms with Gasteiger partial charge in [-0.2, -0.15) is 0 Å². The molecule has 1 N–H and O–H groups in total. The van der Waals surface area contributed by atoms with Crippen molar-refractivity contribution in [2.75, 3.05) is 0 Å². The van der Waals surface area contributed by atoms with Crippen LogP contribution in [-0.4, -0.2) is 32.5 Å². The van der Waals surface area contributed by atoms with Gasteiger partial charge < -0.3 is 5.11 Å². The number of rotatable bonds is 5. The number of hydrogen-bond acceptors (Lipinski definition) is 3. The number of nitrogens with zero attached hydrogens (tertiary/aromatic N) is 3. The first-order valence-electron chi connectivity index (χ1n) is 5.66. The largest absolute Gasteiger partial charge is 0.476 e. The van der Waals surface area contributed by atoms with Crippen molar-refractivity contribution in [3.63, 3.8) is 0 Å². The molecule has 20 heavy (non-hydrogen) atoms. The Kier molecular flexibility index (Phi) is 4.29. The van der Waals surface area contributed by atoms with Gasteiger partial charge in [-0.05, 0) is 11.6 Å². The quantitative estimate of drug-likeness (QED) is 0.921. The van der Waals surface area contributed by atoms with Gasteiger partial charge in [0.05, 0.1) is 5.69 Å². The number of aromatic nitrogens is 3. The van der Waals surface area contributed by atoms with Crippen molar-refractivity contribution >= 4 is 17.6 Å². The lowest BCUT2D eigenvalue weighted by atomic mass is 10.1. The number of carbonyl (C=O) groups is 1. The Morgan fingerprint density at radius 2 is 2.10 bits per heavy atom. The van der Waals surface area contributed by atoms with E-state index < -0.39 is 18.9 Å². The number of alkyl halides is 2. The molecule has 1 aromatic carbocycles. The molecule has 0 radical (unpaired) electrons. The molecule has 0 aliphatic rings. The third kappa shape index (κ3) is 3.11. The SMILES string of the molecule is O=C(O)c1nnn(CC(F)F)c1Cc1ccccc1Cl.